The quantitative estimate of drug-likeness (QED) is 0.896. The van der Waals surface area contributed by atoms with Crippen LogP contribution in [0.2, 0.25) is 0 Å². The molecular formula is C10H12F3N3O2S. The number of hydrogen-bond donors (Lipinski definition) is 1. The number of alkyl halides is 3. The summed E-state index contributed by atoms with van der Waals surface area (Å²) in [5.41, 5.74) is -2.80. The minimum Gasteiger partial charge on any atom is -0.378 e. The first-order chi connectivity index (χ1) is 8.64. The highest BCUT2D eigenvalue weighted by atomic mass is 32.1. The number of carbonyl (C=O) groups is 1. The van der Waals surface area contributed by atoms with Crippen molar-refractivity contribution in [3.63, 3.8) is 0 Å². The van der Waals surface area contributed by atoms with Gasteiger partial charge in [-0.2, -0.15) is 13.2 Å². The lowest BCUT2D eigenvalue weighted by atomic mass is 9.93. The molecule has 0 spiro atoms. The van der Waals surface area contributed by atoms with Gasteiger partial charge < -0.3 is 10.0 Å². The highest BCUT2D eigenvalue weighted by Crippen LogP contribution is 2.38. The molecule has 0 aliphatic carbocycles. The second-order valence-electron chi connectivity index (χ2n) is 4.79. The first-order valence-electron chi connectivity index (χ1n) is 5.56. The third-order valence-corrected chi connectivity index (χ3v) is 4.05. The normalized spacial score (nSPS) is 18.6. The number of β-amino-alcohol motifs (C(OH)–C–C–N with tert-alkyl or cyclic N) is 1. The van der Waals surface area contributed by atoms with E-state index in [0.717, 1.165) is 16.2 Å². The Balaban J connectivity index is 2.04. The Labute approximate surface area is 111 Å². The maximum atomic E-state index is 12.4. The number of rotatable bonds is 2. The van der Waals surface area contributed by atoms with Gasteiger partial charge in [-0.3, -0.25) is 4.79 Å². The highest BCUT2D eigenvalue weighted by molar-refractivity contribution is 7.13. The molecule has 9 heteroatoms. The zero-order valence-corrected chi connectivity index (χ0v) is 11.0. The van der Waals surface area contributed by atoms with E-state index in [4.69, 9.17) is 0 Å². The summed E-state index contributed by atoms with van der Waals surface area (Å²) < 4.78 is 37.3. The fraction of sp³-hybridized carbons (Fsp3) is 0.700. The Morgan fingerprint density at radius 1 is 1.42 bits per heavy atom. The van der Waals surface area contributed by atoms with Gasteiger partial charge in [-0.05, 0) is 0 Å². The number of likely N-dealkylation sites (tertiary alicyclic amines) is 1. The van der Waals surface area contributed by atoms with E-state index in [1.807, 2.05) is 13.8 Å². The molecule has 0 atom stereocenters. The van der Waals surface area contributed by atoms with Crippen molar-refractivity contribution >= 4 is 17.2 Å². The summed E-state index contributed by atoms with van der Waals surface area (Å²) in [7, 11) is 0. The maximum absolute atomic E-state index is 12.4. The average molecular weight is 295 g/mol. The molecule has 1 aliphatic rings. The fourth-order valence-electron chi connectivity index (χ4n) is 1.60. The van der Waals surface area contributed by atoms with E-state index in [9.17, 15) is 23.1 Å². The largest absolute Gasteiger partial charge is 0.420 e. The summed E-state index contributed by atoms with van der Waals surface area (Å²) >= 11 is 1.06. The highest BCUT2D eigenvalue weighted by Gasteiger charge is 2.62. The summed E-state index contributed by atoms with van der Waals surface area (Å²) in [6, 6.07) is 0. The number of aliphatic hydroxyl groups is 1. The van der Waals surface area contributed by atoms with Crippen molar-refractivity contribution in [3.8, 4) is 0 Å². The van der Waals surface area contributed by atoms with Crippen molar-refractivity contribution in [2.45, 2.75) is 31.5 Å². The van der Waals surface area contributed by atoms with Crippen molar-refractivity contribution in [2.75, 3.05) is 13.1 Å². The van der Waals surface area contributed by atoms with Crippen LogP contribution in [0.4, 0.5) is 13.2 Å². The zero-order chi connectivity index (χ0) is 14.4. The van der Waals surface area contributed by atoms with Gasteiger partial charge in [-0.15, -0.1) is 10.2 Å². The summed E-state index contributed by atoms with van der Waals surface area (Å²) in [5, 5.41) is 17.4. The van der Waals surface area contributed by atoms with Crippen molar-refractivity contribution in [2.24, 2.45) is 0 Å². The average Bonchev–Trinajstić information content (AvgIpc) is 2.71. The molecule has 0 bridgehead atoms. The van der Waals surface area contributed by atoms with E-state index in [1.54, 1.807) is 0 Å². The van der Waals surface area contributed by atoms with Crippen molar-refractivity contribution < 1.29 is 23.1 Å². The number of hydrogen-bond acceptors (Lipinski definition) is 5. The van der Waals surface area contributed by atoms with Crippen LogP contribution in [0.1, 0.15) is 34.6 Å². The van der Waals surface area contributed by atoms with Crippen LogP contribution in [0.5, 0.6) is 0 Å². The van der Waals surface area contributed by atoms with Gasteiger partial charge in [-0.1, -0.05) is 25.2 Å². The molecule has 1 aromatic heterocycles. The molecule has 106 valence electrons. The van der Waals surface area contributed by atoms with Gasteiger partial charge in [0.2, 0.25) is 5.01 Å². The lowest BCUT2D eigenvalue weighted by Crippen LogP contribution is -2.70. The zero-order valence-electron chi connectivity index (χ0n) is 10.2. The molecule has 1 aromatic rings. The minimum atomic E-state index is -4.73. The predicted molar refractivity (Wildman–Crippen MR) is 60.9 cm³/mol. The topological polar surface area (TPSA) is 66.3 Å². The summed E-state index contributed by atoms with van der Waals surface area (Å²) in [5.74, 6) is -0.527. The number of carbonyl (C=O) groups excluding carboxylic acids is 1. The molecule has 5 nitrogen and oxygen atoms in total. The van der Waals surface area contributed by atoms with Gasteiger partial charge in [-0.25, -0.2) is 0 Å². The first kappa shape index (κ1) is 14.2. The van der Waals surface area contributed by atoms with Crippen LogP contribution in [-0.2, 0) is 0 Å². The number of amides is 1. The minimum absolute atomic E-state index is 0.0490. The van der Waals surface area contributed by atoms with Crippen LogP contribution in [0, 0.1) is 0 Å². The van der Waals surface area contributed by atoms with Crippen LogP contribution in [-0.4, -0.2) is 51.0 Å². The van der Waals surface area contributed by atoms with Gasteiger partial charge in [0.15, 0.2) is 5.60 Å². The molecule has 0 radical (unpaired) electrons. The Hall–Kier alpha value is -1.22. The van der Waals surface area contributed by atoms with E-state index in [0.29, 0.717) is 5.01 Å². The molecule has 0 aromatic carbocycles. The number of aromatic nitrogens is 2. The molecular weight excluding hydrogens is 283 g/mol. The molecule has 1 saturated heterocycles. The molecule has 2 rings (SSSR count). The van der Waals surface area contributed by atoms with E-state index in [1.165, 1.54) is 0 Å². The van der Waals surface area contributed by atoms with Crippen LogP contribution in [0.15, 0.2) is 0 Å². The number of halogens is 3. The van der Waals surface area contributed by atoms with Gasteiger partial charge in [0, 0.05) is 5.92 Å². The Bertz CT molecular complexity index is 494. The van der Waals surface area contributed by atoms with E-state index >= 15 is 0 Å². The van der Waals surface area contributed by atoms with Crippen molar-refractivity contribution in [3.05, 3.63) is 10.0 Å². The Morgan fingerprint density at radius 3 is 2.42 bits per heavy atom. The molecule has 0 saturated carbocycles. The van der Waals surface area contributed by atoms with E-state index < -0.39 is 30.8 Å². The third-order valence-electron chi connectivity index (χ3n) is 2.84. The van der Waals surface area contributed by atoms with Crippen LogP contribution in [0.25, 0.3) is 0 Å². The molecule has 19 heavy (non-hydrogen) atoms. The molecule has 0 unspecified atom stereocenters. The van der Waals surface area contributed by atoms with Gasteiger partial charge in [0.1, 0.15) is 5.01 Å². The summed E-state index contributed by atoms with van der Waals surface area (Å²) in [6.07, 6.45) is -4.73. The van der Waals surface area contributed by atoms with Gasteiger partial charge >= 0.3 is 6.18 Å². The van der Waals surface area contributed by atoms with E-state index in [-0.39, 0.29) is 10.9 Å². The SMILES string of the molecule is CC(C)c1nnc(C(=O)N2CC(O)(C(F)(F)F)C2)s1. The van der Waals surface area contributed by atoms with Crippen molar-refractivity contribution in [1.29, 1.82) is 0 Å². The van der Waals surface area contributed by atoms with Crippen LogP contribution < -0.4 is 0 Å². The van der Waals surface area contributed by atoms with Crippen molar-refractivity contribution in [1.82, 2.24) is 15.1 Å². The summed E-state index contributed by atoms with van der Waals surface area (Å²) in [4.78, 5) is 12.7. The Morgan fingerprint density at radius 2 is 2.00 bits per heavy atom. The molecule has 1 aliphatic heterocycles. The monoisotopic (exact) mass is 295 g/mol. The maximum Gasteiger partial charge on any atom is 0.420 e. The molecule has 2 heterocycles. The fourth-order valence-corrected chi connectivity index (χ4v) is 2.41. The third kappa shape index (κ3) is 2.44. The lowest BCUT2D eigenvalue weighted by Gasteiger charge is -2.46. The lowest BCUT2D eigenvalue weighted by molar-refractivity contribution is -0.294. The number of nitrogens with zero attached hydrogens (tertiary/aromatic N) is 3. The molecule has 1 fully saturated rings. The van der Waals surface area contributed by atoms with Gasteiger partial charge in [0.05, 0.1) is 13.1 Å². The standard InChI is InChI=1S/C10H12F3N3O2S/c1-5(2)6-14-15-7(19-6)8(17)16-3-9(18,4-16)10(11,12)13/h5,18H,3-4H2,1-2H3. The first-order valence-corrected chi connectivity index (χ1v) is 6.37. The second-order valence-corrected chi connectivity index (χ2v) is 5.80. The van der Waals surface area contributed by atoms with E-state index in [2.05, 4.69) is 10.2 Å². The predicted octanol–water partition coefficient (Wildman–Crippen LogP) is 1.41. The summed E-state index contributed by atoms with van der Waals surface area (Å²) in [6.45, 7) is 2.24. The second kappa shape index (κ2) is 4.41. The molecule has 1 amide bonds. The van der Waals surface area contributed by atoms with Crippen LogP contribution in [0.3, 0.4) is 0 Å². The smallest absolute Gasteiger partial charge is 0.378 e. The van der Waals surface area contributed by atoms with Gasteiger partial charge in [0.25, 0.3) is 5.91 Å². The Kier molecular flexibility index (Phi) is 3.29. The molecule has 1 N–H and O–H groups in total. The van der Waals surface area contributed by atoms with Crippen LogP contribution >= 0.6 is 11.3 Å².